The number of anilines is 4. The van der Waals surface area contributed by atoms with E-state index in [1.54, 1.807) is 42.2 Å². The van der Waals surface area contributed by atoms with Gasteiger partial charge in [-0.05, 0) is 55.7 Å². The van der Waals surface area contributed by atoms with Crippen LogP contribution in [0.15, 0.2) is 60.7 Å². The summed E-state index contributed by atoms with van der Waals surface area (Å²) in [5.41, 5.74) is 2.97. The van der Waals surface area contributed by atoms with Gasteiger partial charge in [-0.1, -0.05) is 30.3 Å². The molecule has 1 atom stereocenters. The van der Waals surface area contributed by atoms with Crippen LogP contribution in [-0.4, -0.2) is 61.2 Å². The summed E-state index contributed by atoms with van der Waals surface area (Å²) >= 11 is 0. The minimum absolute atomic E-state index is 0.00797. The minimum Gasteiger partial charge on any atom is -0.495 e. The zero-order chi connectivity index (χ0) is 26.8. The number of nitrogens with one attached hydrogen (secondary N) is 1. The number of ether oxygens (including phenoxy) is 1. The molecule has 0 aliphatic carbocycles. The monoisotopic (exact) mass is 517 g/mol. The minimum atomic E-state index is -0.839. The molecule has 8 nitrogen and oxygen atoms in total. The van der Waals surface area contributed by atoms with Crippen molar-refractivity contribution in [2.45, 2.75) is 38.5 Å². The fraction of sp³-hybridized carbons (Fsp3) is 0.345. The van der Waals surface area contributed by atoms with E-state index in [4.69, 9.17) is 9.72 Å². The van der Waals surface area contributed by atoms with Crippen molar-refractivity contribution < 1.29 is 18.7 Å². The van der Waals surface area contributed by atoms with Crippen LogP contribution in [0, 0.1) is 0 Å². The summed E-state index contributed by atoms with van der Waals surface area (Å²) in [7, 11) is 3.31. The van der Waals surface area contributed by atoms with Crippen molar-refractivity contribution in [2.24, 2.45) is 0 Å². The second-order valence-electron chi connectivity index (χ2n) is 9.73. The number of hydrogen-bond acceptors (Lipinski definition) is 6. The number of halogens is 1. The van der Waals surface area contributed by atoms with Crippen LogP contribution in [0.1, 0.15) is 35.7 Å². The number of methoxy groups -OCH3 is 1. The van der Waals surface area contributed by atoms with Crippen LogP contribution < -0.4 is 19.9 Å². The number of hydrogen-bond donors (Lipinski definition) is 1. The van der Waals surface area contributed by atoms with E-state index in [0.29, 0.717) is 61.1 Å². The molecule has 0 radical (unpaired) electrons. The summed E-state index contributed by atoms with van der Waals surface area (Å²) in [6, 6.07) is 18.5. The highest BCUT2D eigenvalue weighted by Crippen LogP contribution is 2.37. The van der Waals surface area contributed by atoms with E-state index in [-0.39, 0.29) is 17.9 Å². The lowest BCUT2D eigenvalue weighted by Crippen LogP contribution is -2.50. The van der Waals surface area contributed by atoms with Crippen LogP contribution >= 0.6 is 0 Å². The maximum absolute atomic E-state index is 13.5. The fourth-order valence-electron chi connectivity index (χ4n) is 4.99. The first-order valence-electron chi connectivity index (χ1n) is 12.8. The van der Waals surface area contributed by atoms with E-state index in [1.807, 2.05) is 54.3 Å². The zero-order valence-corrected chi connectivity index (χ0v) is 21.9. The Bertz CT molecular complexity index is 1330. The molecular weight excluding hydrogens is 485 g/mol. The van der Waals surface area contributed by atoms with Gasteiger partial charge in [0, 0.05) is 32.2 Å². The first-order chi connectivity index (χ1) is 18.4. The molecule has 1 fully saturated rings. The number of amides is 2. The fourth-order valence-corrected chi connectivity index (χ4v) is 4.99. The first kappa shape index (κ1) is 25.5. The average molecular weight is 518 g/mol. The zero-order valence-electron chi connectivity index (χ0n) is 21.9. The van der Waals surface area contributed by atoms with Crippen LogP contribution in [0.2, 0.25) is 0 Å². The van der Waals surface area contributed by atoms with Gasteiger partial charge in [0.05, 0.1) is 18.5 Å². The van der Waals surface area contributed by atoms with E-state index in [9.17, 15) is 14.0 Å². The molecule has 0 bridgehead atoms. The van der Waals surface area contributed by atoms with Gasteiger partial charge in [-0.3, -0.25) is 9.59 Å². The standard InChI is InChI=1S/C29H32FN5O3/c1-19-28(36)33(2)24-11-12-26(32-27(24)35(19)18-20-7-5-4-6-8-20)31-23-10-9-21(17-25(23)38-3)29(37)34-15-13-22(30)14-16-34/h4-12,17,19,22H,13-16,18H2,1-3H3,(H,31,32)/t19-/m1/s1. The number of likely N-dealkylation sites (tertiary alicyclic amines) is 1. The third-order valence-corrected chi connectivity index (χ3v) is 7.26. The summed E-state index contributed by atoms with van der Waals surface area (Å²) in [5.74, 6) is 1.66. The molecule has 3 heterocycles. The smallest absolute Gasteiger partial charge is 0.253 e. The third-order valence-electron chi connectivity index (χ3n) is 7.26. The molecule has 0 saturated carbocycles. The highest BCUT2D eigenvalue weighted by atomic mass is 19.1. The quantitative estimate of drug-likeness (QED) is 0.507. The maximum atomic E-state index is 13.5. The van der Waals surface area contributed by atoms with Gasteiger partial charge in [-0.15, -0.1) is 0 Å². The Balaban J connectivity index is 1.41. The van der Waals surface area contributed by atoms with Gasteiger partial charge in [0.1, 0.15) is 23.8 Å². The SMILES string of the molecule is COc1cc(C(=O)N2CCC(F)CC2)ccc1Nc1ccc2c(n1)N(Cc1ccccc1)[C@H](C)C(=O)N2C. The molecule has 2 aliphatic rings. The van der Waals surface area contributed by atoms with Crippen molar-refractivity contribution in [1.82, 2.24) is 9.88 Å². The second kappa shape index (κ2) is 10.7. The lowest BCUT2D eigenvalue weighted by Gasteiger charge is -2.39. The number of nitrogens with zero attached hydrogens (tertiary/aromatic N) is 4. The number of rotatable bonds is 6. The topological polar surface area (TPSA) is 78.0 Å². The van der Waals surface area contributed by atoms with Crippen molar-refractivity contribution >= 4 is 34.8 Å². The molecule has 1 aromatic heterocycles. The predicted molar refractivity (Wildman–Crippen MR) is 146 cm³/mol. The molecule has 2 aromatic carbocycles. The molecule has 1 saturated heterocycles. The van der Waals surface area contributed by atoms with Crippen molar-refractivity contribution in [2.75, 3.05) is 42.4 Å². The summed E-state index contributed by atoms with van der Waals surface area (Å²) in [6.07, 6.45) is -0.103. The van der Waals surface area contributed by atoms with Gasteiger partial charge in [-0.25, -0.2) is 9.37 Å². The van der Waals surface area contributed by atoms with E-state index < -0.39 is 6.17 Å². The average Bonchev–Trinajstić information content (AvgIpc) is 2.95. The van der Waals surface area contributed by atoms with E-state index in [2.05, 4.69) is 5.32 Å². The van der Waals surface area contributed by atoms with Crippen molar-refractivity contribution in [3.63, 3.8) is 0 Å². The number of likely N-dealkylation sites (N-methyl/N-ethyl adjacent to an activating group) is 1. The van der Waals surface area contributed by atoms with Gasteiger partial charge in [0.2, 0.25) is 5.91 Å². The lowest BCUT2D eigenvalue weighted by molar-refractivity contribution is -0.119. The predicted octanol–water partition coefficient (Wildman–Crippen LogP) is 4.78. The number of aromatic nitrogens is 1. The van der Waals surface area contributed by atoms with Crippen molar-refractivity contribution in [3.05, 3.63) is 71.8 Å². The third kappa shape index (κ3) is 5.01. The van der Waals surface area contributed by atoms with E-state index in [0.717, 1.165) is 11.3 Å². The summed E-state index contributed by atoms with van der Waals surface area (Å²) < 4.78 is 19.1. The molecule has 2 amide bonds. The van der Waals surface area contributed by atoms with E-state index in [1.165, 1.54) is 0 Å². The number of benzene rings is 2. The highest BCUT2D eigenvalue weighted by molar-refractivity contribution is 6.04. The Morgan fingerprint density at radius 2 is 1.84 bits per heavy atom. The van der Waals surface area contributed by atoms with Gasteiger partial charge in [0.25, 0.3) is 5.91 Å². The number of fused-ring (bicyclic) bond motifs is 1. The number of carbonyl (C=O) groups is 2. The molecule has 1 N–H and O–H groups in total. The lowest BCUT2D eigenvalue weighted by atomic mass is 10.1. The van der Waals surface area contributed by atoms with E-state index >= 15 is 0 Å². The van der Waals surface area contributed by atoms with Gasteiger partial charge < -0.3 is 24.8 Å². The Morgan fingerprint density at radius 3 is 2.55 bits per heavy atom. The van der Waals surface area contributed by atoms with Gasteiger partial charge in [0.15, 0.2) is 5.82 Å². The molecule has 198 valence electrons. The summed E-state index contributed by atoms with van der Waals surface area (Å²) in [4.78, 5) is 36.1. The first-order valence-corrected chi connectivity index (χ1v) is 12.8. The molecule has 2 aliphatic heterocycles. The number of piperidine rings is 1. The number of alkyl halides is 1. The number of pyridine rings is 1. The Kier molecular flexibility index (Phi) is 7.18. The van der Waals surface area contributed by atoms with Crippen LogP contribution in [0.4, 0.5) is 27.4 Å². The molecule has 0 spiro atoms. The largest absolute Gasteiger partial charge is 0.495 e. The van der Waals surface area contributed by atoms with Crippen LogP contribution in [0.5, 0.6) is 5.75 Å². The molecule has 9 heteroatoms. The van der Waals surface area contributed by atoms with Crippen molar-refractivity contribution in [1.29, 1.82) is 0 Å². The number of carbonyl (C=O) groups excluding carboxylic acids is 2. The molecular formula is C29H32FN5O3. The van der Waals surface area contributed by atoms with Crippen LogP contribution in [-0.2, 0) is 11.3 Å². The van der Waals surface area contributed by atoms with Crippen molar-refractivity contribution in [3.8, 4) is 5.75 Å². The maximum Gasteiger partial charge on any atom is 0.253 e. The summed E-state index contributed by atoms with van der Waals surface area (Å²) in [5, 5.41) is 3.31. The Labute approximate surface area is 222 Å². The Morgan fingerprint density at radius 1 is 1.11 bits per heavy atom. The second-order valence-corrected chi connectivity index (χ2v) is 9.73. The molecule has 0 unspecified atom stereocenters. The van der Waals surface area contributed by atoms with Crippen LogP contribution in [0.3, 0.4) is 0 Å². The summed E-state index contributed by atoms with van der Waals surface area (Å²) in [6.45, 7) is 3.26. The Hall–Kier alpha value is -4.14. The highest BCUT2D eigenvalue weighted by Gasteiger charge is 2.35. The normalized spacial score (nSPS) is 17.8. The van der Waals surface area contributed by atoms with Gasteiger partial charge in [-0.2, -0.15) is 0 Å². The molecule has 5 rings (SSSR count). The molecule has 38 heavy (non-hydrogen) atoms. The van der Waals surface area contributed by atoms with Crippen LogP contribution in [0.25, 0.3) is 0 Å². The molecule has 3 aromatic rings. The van der Waals surface area contributed by atoms with Gasteiger partial charge >= 0.3 is 0 Å².